The SMILES string of the molecule is Cn1cc(C2CCCN(c3ncnc(N)c3Cl)C2)cn1. The van der Waals surface area contributed by atoms with E-state index in [9.17, 15) is 0 Å². The molecule has 0 amide bonds. The average molecular weight is 293 g/mol. The lowest BCUT2D eigenvalue weighted by Crippen LogP contribution is -2.35. The van der Waals surface area contributed by atoms with Crippen LogP contribution in [0, 0.1) is 0 Å². The lowest BCUT2D eigenvalue weighted by molar-refractivity contribution is 0.507. The standard InChI is InChI=1S/C13H17ClN6/c1-19-6-10(5-18-19)9-3-2-4-20(7-9)13-11(14)12(15)16-8-17-13/h5-6,8-9H,2-4,7H2,1H3,(H2,15,16,17). The van der Waals surface area contributed by atoms with Crippen LogP contribution in [0.15, 0.2) is 18.7 Å². The van der Waals surface area contributed by atoms with E-state index in [2.05, 4.69) is 26.2 Å². The maximum Gasteiger partial charge on any atom is 0.153 e. The second-order valence-electron chi connectivity index (χ2n) is 5.13. The van der Waals surface area contributed by atoms with E-state index in [1.807, 2.05) is 17.9 Å². The van der Waals surface area contributed by atoms with Crippen molar-refractivity contribution in [3.8, 4) is 0 Å². The molecule has 0 bridgehead atoms. The summed E-state index contributed by atoms with van der Waals surface area (Å²) in [5, 5.41) is 4.69. The van der Waals surface area contributed by atoms with Crippen LogP contribution in [0.25, 0.3) is 0 Å². The maximum absolute atomic E-state index is 6.22. The van der Waals surface area contributed by atoms with Gasteiger partial charge in [0.2, 0.25) is 0 Å². The first-order chi connectivity index (χ1) is 9.65. The number of halogens is 1. The number of nitrogens with zero attached hydrogens (tertiary/aromatic N) is 5. The molecule has 20 heavy (non-hydrogen) atoms. The molecule has 2 aromatic heterocycles. The Kier molecular flexibility index (Phi) is 3.48. The zero-order chi connectivity index (χ0) is 14.1. The molecule has 6 nitrogen and oxygen atoms in total. The minimum Gasteiger partial charge on any atom is -0.382 e. The molecule has 2 aromatic rings. The summed E-state index contributed by atoms with van der Waals surface area (Å²) in [4.78, 5) is 10.4. The number of piperidine rings is 1. The predicted octanol–water partition coefficient (Wildman–Crippen LogP) is 1.83. The molecular weight excluding hydrogens is 276 g/mol. The molecule has 7 heteroatoms. The van der Waals surface area contributed by atoms with E-state index < -0.39 is 0 Å². The van der Waals surface area contributed by atoms with Crippen molar-refractivity contribution < 1.29 is 0 Å². The highest BCUT2D eigenvalue weighted by molar-refractivity contribution is 6.35. The van der Waals surface area contributed by atoms with E-state index in [1.165, 1.54) is 11.9 Å². The summed E-state index contributed by atoms with van der Waals surface area (Å²) in [5.74, 6) is 1.51. The molecule has 1 atom stereocenters. The van der Waals surface area contributed by atoms with Crippen LogP contribution in [0.3, 0.4) is 0 Å². The average Bonchev–Trinajstić information content (AvgIpc) is 2.89. The summed E-state index contributed by atoms with van der Waals surface area (Å²) in [6.07, 6.45) is 7.72. The Labute approximate surface area is 122 Å². The summed E-state index contributed by atoms with van der Waals surface area (Å²) < 4.78 is 1.84. The minimum atomic E-state index is 0.333. The molecule has 1 aliphatic rings. The third-order valence-corrected chi connectivity index (χ3v) is 4.08. The van der Waals surface area contributed by atoms with Crippen molar-refractivity contribution in [2.45, 2.75) is 18.8 Å². The normalized spacial score (nSPS) is 19.3. The quantitative estimate of drug-likeness (QED) is 0.914. The van der Waals surface area contributed by atoms with Crippen LogP contribution < -0.4 is 10.6 Å². The maximum atomic E-state index is 6.22. The molecule has 1 fully saturated rings. The van der Waals surface area contributed by atoms with Crippen molar-refractivity contribution in [1.82, 2.24) is 19.7 Å². The van der Waals surface area contributed by atoms with E-state index in [0.717, 1.165) is 31.7 Å². The Hall–Kier alpha value is -1.82. The van der Waals surface area contributed by atoms with Crippen LogP contribution >= 0.6 is 11.6 Å². The van der Waals surface area contributed by atoms with Gasteiger partial charge in [-0.3, -0.25) is 4.68 Å². The number of aromatic nitrogens is 4. The van der Waals surface area contributed by atoms with Gasteiger partial charge in [0, 0.05) is 32.3 Å². The second kappa shape index (κ2) is 5.28. The van der Waals surface area contributed by atoms with Crippen LogP contribution in [0.4, 0.5) is 11.6 Å². The zero-order valence-electron chi connectivity index (χ0n) is 11.3. The van der Waals surface area contributed by atoms with Crippen molar-refractivity contribution in [2.24, 2.45) is 7.05 Å². The fourth-order valence-corrected chi connectivity index (χ4v) is 2.90. The van der Waals surface area contributed by atoms with Gasteiger partial charge in [0.25, 0.3) is 0 Å². The molecule has 0 saturated carbocycles. The minimum absolute atomic E-state index is 0.333. The van der Waals surface area contributed by atoms with Crippen LogP contribution in [-0.2, 0) is 7.05 Å². The van der Waals surface area contributed by atoms with Crippen molar-refractivity contribution in [1.29, 1.82) is 0 Å². The van der Waals surface area contributed by atoms with Gasteiger partial charge < -0.3 is 10.6 Å². The van der Waals surface area contributed by atoms with Gasteiger partial charge in [0.15, 0.2) is 5.82 Å². The topological polar surface area (TPSA) is 72.9 Å². The Bertz CT molecular complexity index is 611. The number of anilines is 2. The Morgan fingerprint density at radius 3 is 3.00 bits per heavy atom. The molecule has 1 aliphatic heterocycles. The lowest BCUT2D eigenvalue weighted by Gasteiger charge is -2.33. The van der Waals surface area contributed by atoms with E-state index in [1.54, 1.807) is 0 Å². The lowest BCUT2D eigenvalue weighted by atomic mass is 9.93. The Balaban J connectivity index is 1.83. The number of aryl methyl sites for hydroxylation is 1. The van der Waals surface area contributed by atoms with E-state index >= 15 is 0 Å². The highest BCUT2D eigenvalue weighted by Crippen LogP contribution is 2.33. The number of hydrogen-bond donors (Lipinski definition) is 1. The smallest absolute Gasteiger partial charge is 0.153 e. The molecule has 0 radical (unpaired) electrons. The highest BCUT2D eigenvalue weighted by atomic mass is 35.5. The van der Waals surface area contributed by atoms with Gasteiger partial charge in [0.1, 0.15) is 17.2 Å². The van der Waals surface area contributed by atoms with Gasteiger partial charge in [-0.05, 0) is 18.4 Å². The Morgan fingerprint density at radius 1 is 1.40 bits per heavy atom. The molecule has 0 aromatic carbocycles. The monoisotopic (exact) mass is 292 g/mol. The number of nitrogen functional groups attached to an aromatic ring is 1. The second-order valence-corrected chi connectivity index (χ2v) is 5.51. The fraction of sp³-hybridized carbons (Fsp3) is 0.462. The zero-order valence-corrected chi connectivity index (χ0v) is 12.1. The van der Waals surface area contributed by atoms with Gasteiger partial charge in [-0.15, -0.1) is 0 Å². The van der Waals surface area contributed by atoms with E-state index in [-0.39, 0.29) is 0 Å². The summed E-state index contributed by atoms with van der Waals surface area (Å²) in [6.45, 7) is 1.81. The fourth-order valence-electron chi connectivity index (χ4n) is 2.69. The van der Waals surface area contributed by atoms with Crippen molar-refractivity contribution >= 4 is 23.2 Å². The van der Waals surface area contributed by atoms with Crippen LogP contribution in [0.5, 0.6) is 0 Å². The number of nitrogens with two attached hydrogens (primary N) is 1. The molecule has 0 aliphatic carbocycles. The molecule has 106 valence electrons. The summed E-state index contributed by atoms with van der Waals surface area (Å²) in [6, 6.07) is 0. The third-order valence-electron chi connectivity index (χ3n) is 3.72. The number of rotatable bonds is 2. The predicted molar refractivity (Wildman–Crippen MR) is 78.9 cm³/mol. The first kappa shape index (κ1) is 13.2. The van der Waals surface area contributed by atoms with Crippen LogP contribution in [-0.4, -0.2) is 32.8 Å². The molecule has 3 heterocycles. The number of hydrogen-bond acceptors (Lipinski definition) is 5. The third kappa shape index (κ3) is 2.43. The van der Waals surface area contributed by atoms with Crippen molar-refractivity contribution in [3.63, 3.8) is 0 Å². The van der Waals surface area contributed by atoms with Crippen molar-refractivity contribution in [2.75, 3.05) is 23.7 Å². The first-order valence-electron chi connectivity index (χ1n) is 6.64. The first-order valence-corrected chi connectivity index (χ1v) is 7.02. The molecular formula is C13H17ClN6. The highest BCUT2D eigenvalue weighted by Gasteiger charge is 2.25. The van der Waals surface area contributed by atoms with Gasteiger partial charge >= 0.3 is 0 Å². The molecule has 2 N–H and O–H groups in total. The summed E-state index contributed by atoms with van der Waals surface area (Å²) >= 11 is 6.22. The summed E-state index contributed by atoms with van der Waals surface area (Å²) in [5.41, 5.74) is 7.01. The molecule has 3 rings (SSSR count). The van der Waals surface area contributed by atoms with Crippen molar-refractivity contribution in [3.05, 3.63) is 29.3 Å². The van der Waals surface area contributed by atoms with Gasteiger partial charge in [-0.1, -0.05) is 11.6 Å². The molecule has 0 spiro atoms. The van der Waals surface area contributed by atoms with E-state index in [4.69, 9.17) is 17.3 Å². The molecule has 1 saturated heterocycles. The largest absolute Gasteiger partial charge is 0.382 e. The van der Waals surface area contributed by atoms with Crippen LogP contribution in [0.1, 0.15) is 24.3 Å². The van der Waals surface area contributed by atoms with Gasteiger partial charge in [-0.25, -0.2) is 9.97 Å². The van der Waals surface area contributed by atoms with Gasteiger partial charge in [-0.2, -0.15) is 5.10 Å². The van der Waals surface area contributed by atoms with Crippen LogP contribution in [0.2, 0.25) is 5.02 Å². The Morgan fingerprint density at radius 2 is 2.25 bits per heavy atom. The van der Waals surface area contributed by atoms with Gasteiger partial charge in [0.05, 0.1) is 6.20 Å². The van der Waals surface area contributed by atoms with E-state index in [0.29, 0.717) is 16.8 Å². The molecule has 1 unspecified atom stereocenters. The summed E-state index contributed by atoms with van der Waals surface area (Å²) in [7, 11) is 1.94.